The maximum absolute atomic E-state index is 10.4. The zero-order valence-electron chi connectivity index (χ0n) is 7.65. The van der Waals surface area contributed by atoms with Crippen molar-refractivity contribution in [2.75, 3.05) is 0 Å². The summed E-state index contributed by atoms with van der Waals surface area (Å²) in [5.74, 6) is -0.338. The number of nitrogens with zero attached hydrogens (tertiary/aromatic N) is 3. The number of aromatic carboxylic acids is 1. The Kier molecular flexibility index (Phi) is 3.10. The molecule has 0 bridgehead atoms. The first-order chi connectivity index (χ1) is 5.68. The first-order valence-corrected chi connectivity index (χ1v) is 3.81. The quantitative estimate of drug-likeness (QED) is 0.445. The van der Waals surface area contributed by atoms with Crippen LogP contribution in [0.2, 0.25) is 0 Å². The van der Waals surface area contributed by atoms with Gasteiger partial charge in [-0.25, -0.2) is 9.67 Å². The van der Waals surface area contributed by atoms with Gasteiger partial charge in [-0.3, -0.25) is 0 Å². The molecule has 0 atom stereocenters. The molecular weight excluding hydrogens is 181 g/mol. The summed E-state index contributed by atoms with van der Waals surface area (Å²) in [6.07, 6.45) is 2.13. The SMILES string of the molecule is Cn1nc(C2CC2)nc1C(=O)[O-].[Na+]. The Morgan fingerprint density at radius 3 is 2.62 bits per heavy atom. The normalized spacial score (nSPS) is 15.2. The molecule has 1 heterocycles. The average molecular weight is 189 g/mol. The third-order valence-corrected chi connectivity index (χ3v) is 1.90. The van der Waals surface area contributed by atoms with E-state index in [9.17, 15) is 9.90 Å². The molecule has 64 valence electrons. The van der Waals surface area contributed by atoms with E-state index in [4.69, 9.17) is 0 Å². The van der Waals surface area contributed by atoms with Gasteiger partial charge in [-0.2, -0.15) is 5.10 Å². The summed E-state index contributed by atoms with van der Waals surface area (Å²) in [6.45, 7) is 0. The maximum atomic E-state index is 10.4. The molecule has 0 aromatic carbocycles. The molecule has 1 aromatic heterocycles. The number of carbonyl (C=O) groups excluding carboxylic acids is 1. The topological polar surface area (TPSA) is 70.8 Å². The fourth-order valence-electron chi connectivity index (χ4n) is 1.10. The van der Waals surface area contributed by atoms with E-state index in [1.165, 1.54) is 4.68 Å². The third kappa shape index (κ3) is 2.10. The number of carbonyl (C=O) groups is 1. The molecule has 1 fully saturated rings. The minimum absolute atomic E-state index is 0. The Labute approximate surface area is 97.4 Å². The molecule has 0 N–H and O–H groups in total. The molecule has 13 heavy (non-hydrogen) atoms. The predicted molar refractivity (Wildman–Crippen MR) is 37.3 cm³/mol. The number of rotatable bonds is 2. The molecule has 0 radical (unpaired) electrons. The molecule has 2 rings (SSSR count). The molecule has 0 aliphatic heterocycles. The van der Waals surface area contributed by atoms with Gasteiger partial charge in [0, 0.05) is 13.0 Å². The van der Waals surface area contributed by atoms with E-state index in [0.29, 0.717) is 11.7 Å². The number of carboxylic acids is 1. The van der Waals surface area contributed by atoms with Crippen LogP contribution in [0.1, 0.15) is 35.2 Å². The molecule has 0 spiro atoms. The third-order valence-electron chi connectivity index (χ3n) is 1.90. The summed E-state index contributed by atoms with van der Waals surface area (Å²) in [6, 6.07) is 0. The van der Waals surface area contributed by atoms with Crippen LogP contribution in [0.4, 0.5) is 0 Å². The van der Waals surface area contributed by atoms with Crippen molar-refractivity contribution in [3.63, 3.8) is 0 Å². The van der Waals surface area contributed by atoms with Gasteiger partial charge in [-0.05, 0) is 12.8 Å². The van der Waals surface area contributed by atoms with Gasteiger partial charge in [-0.15, -0.1) is 0 Å². The van der Waals surface area contributed by atoms with E-state index in [0.717, 1.165) is 12.8 Å². The van der Waals surface area contributed by atoms with E-state index in [1.54, 1.807) is 7.05 Å². The number of hydrogen-bond donors (Lipinski definition) is 0. The molecule has 0 amide bonds. The van der Waals surface area contributed by atoms with Crippen LogP contribution in [0.15, 0.2) is 0 Å². The average Bonchev–Trinajstić information content (AvgIpc) is 2.75. The largest absolute Gasteiger partial charge is 1.00 e. The summed E-state index contributed by atoms with van der Waals surface area (Å²) < 4.78 is 1.25. The van der Waals surface area contributed by atoms with Crippen LogP contribution in [0.25, 0.3) is 0 Å². The molecule has 0 unspecified atom stereocenters. The molecule has 1 aliphatic rings. The summed E-state index contributed by atoms with van der Waals surface area (Å²) in [4.78, 5) is 14.3. The van der Waals surface area contributed by atoms with Crippen LogP contribution >= 0.6 is 0 Å². The van der Waals surface area contributed by atoms with Gasteiger partial charge in [0.25, 0.3) is 0 Å². The number of aromatic nitrogens is 3. The van der Waals surface area contributed by atoms with E-state index in [2.05, 4.69) is 10.1 Å². The van der Waals surface area contributed by atoms with Crippen LogP contribution in [0, 0.1) is 0 Å². The monoisotopic (exact) mass is 189 g/mol. The number of carboxylic acid groups (broad SMARTS) is 1. The van der Waals surface area contributed by atoms with E-state index >= 15 is 0 Å². The minimum Gasteiger partial charge on any atom is -0.542 e. The van der Waals surface area contributed by atoms with Gasteiger partial charge in [0.15, 0.2) is 11.6 Å². The minimum atomic E-state index is -1.27. The predicted octanol–water partition coefficient (Wildman–Crippen LogP) is -3.94. The summed E-state index contributed by atoms with van der Waals surface area (Å²) in [7, 11) is 1.56. The molecule has 0 saturated heterocycles. The first-order valence-electron chi connectivity index (χ1n) is 3.81. The Morgan fingerprint density at radius 2 is 2.23 bits per heavy atom. The van der Waals surface area contributed by atoms with Gasteiger partial charge in [-0.1, -0.05) is 0 Å². The van der Waals surface area contributed by atoms with E-state index in [-0.39, 0.29) is 35.4 Å². The van der Waals surface area contributed by atoms with Crippen molar-refractivity contribution in [2.24, 2.45) is 7.05 Å². The van der Waals surface area contributed by atoms with E-state index in [1.807, 2.05) is 0 Å². The van der Waals surface area contributed by atoms with E-state index < -0.39 is 5.97 Å². The van der Waals surface area contributed by atoms with Crippen molar-refractivity contribution < 1.29 is 39.5 Å². The Bertz CT molecular complexity index is 332. The zero-order chi connectivity index (χ0) is 8.72. The van der Waals surface area contributed by atoms with Crippen molar-refractivity contribution in [1.29, 1.82) is 0 Å². The fraction of sp³-hybridized carbons (Fsp3) is 0.571. The van der Waals surface area contributed by atoms with Crippen LogP contribution in [-0.4, -0.2) is 20.7 Å². The van der Waals surface area contributed by atoms with Gasteiger partial charge in [0.05, 0.1) is 0 Å². The molecular formula is C7H8N3NaO2. The molecule has 1 saturated carbocycles. The summed E-state index contributed by atoms with van der Waals surface area (Å²) >= 11 is 0. The summed E-state index contributed by atoms with van der Waals surface area (Å²) in [5.41, 5.74) is 0. The van der Waals surface area contributed by atoms with Gasteiger partial charge in [0.2, 0.25) is 0 Å². The molecule has 6 heteroatoms. The van der Waals surface area contributed by atoms with Crippen LogP contribution in [0.5, 0.6) is 0 Å². The maximum Gasteiger partial charge on any atom is 1.00 e. The molecule has 5 nitrogen and oxygen atoms in total. The van der Waals surface area contributed by atoms with Crippen LogP contribution < -0.4 is 34.7 Å². The van der Waals surface area contributed by atoms with Gasteiger partial charge < -0.3 is 9.90 Å². The standard InChI is InChI=1S/C7H9N3O2.Na/c1-10-6(7(11)12)8-5(9-10)4-2-3-4;/h4H,2-3H2,1H3,(H,11,12);/q;+1/p-1. The Hall–Kier alpha value is -0.390. The molecule has 1 aliphatic carbocycles. The molecule has 1 aromatic rings. The zero-order valence-corrected chi connectivity index (χ0v) is 9.65. The van der Waals surface area contributed by atoms with Gasteiger partial charge in [0.1, 0.15) is 5.97 Å². The van der Waals surface area contributed by atoms with Gasteiger partial charge >= 0.3 is 29.6 Å². The van der Waals surface area contributed by atoms with Crippen LogP contribution in [0.3, 0.4) is 0 Å². The van der Waals surface area contributed by atoms with Crippen molar-refractivity contribution in [2.45, 2.75) is 18.8 Å². The second-order valence-corrected chi connectivity index (χ2v) is 2.98. The van der Waals surface area contributed by atoms with Crippen molar-refractivity contribution >= 4 is 5.97 Å². The van der Waals surface area contributed by atoms with Crippen molar-refractivity contribution in [3.05, 3.63) is 11.6 Å². The van der Waals surface area contributed by atoms with Crippen molar-refractivity contribution in [1.82, 2.24) is 14.8 Å². The second-order valence-electron chi connectivity index (χ2n) is 2.98. The van der Waals surface area contributed by atoms with Crippen LogP contribution in [-0.2, 0) is 7.05 Å². The Morgan fingerprint density at radius 1 is 1.62 bits per heavy atom. The number of aryl methyl sites for hydroxylation is 1. The fourth-order valence-corrected chi connectivity index (χ4v) is 1.10. The Balaban J connectivity index is 0.000000845. The summed E-state index contributed by atoms with van der Waals surface area (Å²) in [5, 5.41) is 14.4. The smallest absolute Gasteiger partial charge is 0.542 e. The van der Waals surface area contributed by atoms with Crippen molar-refractivity contribution in [3.8, 4) is 0 Å². The second kappa shape index (κ2) is 3.77. The number of hydrogen-bond acceptors (Lipinski definition) is 4. The first kappa shape index (κ1) is 10.7.